The van der Waals surface area contributed by atoms with Gasteiger partial charge in [0.1, 0.15) is 11.5 Å². The van der Waals surface area contributed by atoms with E-state index in [2.05, 4.69) is 5.32 Å². The van der Waals surface area contributed by atoms with Crippen LogP contribution in [0.4, 0.5) is 0 Å². The summed E-state index contributed by atoms with van der Waals surface area (Å²) in [5.74, 6) is 2.16. The van der Waals surface area contributed by atoms with Crippen LogP contribution in [0, 0.1) is 20.8 Å². The summed E-state index contributed by atoms with van der Waals surface area (Å²) in [5.41, 5.74) is 1.61. The summed E-state index contributed by atoms with van der Waals surface area (Å²) in [5, 5.41) is 2.91. The number of aryl methyl sites for hydroxylation is 2. The van der Waals surface area contributed by atoms with Crippen molar-refractivity contribution in [2.45, 2.75) is 40.0 Å². The molecule has 1 aromatic rings. The predicted octanol–water partition coefficient (Wildman–Crippen LogP) is 3.34. The first kappa shape index (κ1) is 14.1. The lowest BCUT2D eigenvalue weighted by atomic mass is 10.1. The molecule has 1 amide bonds. The molecule has 0 aliphatic carbocycles. The third-order valence-electron chi connectivity index (χ3n) is 2.88. The smallest absolute Gasteiger partial charge is 0.255 e. The number of rotatable bonds is 6. The molecule has 0 fully saturated rings. The van der Waals surface area contributed by atoms with Crippen molar-refractivity contribution in [2.75, 3.05) is 12.4 Å². The largest absolute Gasteiger partial charge is 0.466 e. The van der Waals surface area contributed by atoms with Crippen LogP contribution in [0.5, 0.6) is 0 Å². The molecule has 1 N–H and O–H groups in total. The summed E-state index contributed by atoms with van der Waals surface area (Å²) in [4.78, 5) is 11.9. The lowest BCUT2D eigenvalue weighted by molar-refractivity contribution is 0.0951. The maximum atomic E-state index is 11.9. The van der Waals surface area contributed by atoms with Crippen molar-refractivity contribution < 1.29 is 9.21 Å². The Hall–Kier alpha value is -0.960. The van der Waals surface area contributed by atoms with Crippen LogP contribution in [0.25, 0.3) is 0 Å². The van der Waals surface area contributed by atoms with Gasteiger partial charge in [-0.1, -0.05) is 6.42 Å². The molecule has 1 heterocycles. The van der Waals surface area contributed by atoms with Gasteiger partial charge in [-0.3, -0.25) is 4.79 Å². The third-order valence-corrected chi connectivity index (χ3v) is 3.15. The van der Waals surface area contributed by atoms with Crippen molar-refractivity contribution in [1.82, 2.24) is 5.32 Å². The van der Waals surface area contributed by atoms with Crippen LogP contribution in [0.15, 0.2) is 4.42 Å². The summed E-state index contributed by atoms with van der Waals surface area (Å²) in [6, 6.07) is 0. The fourth-order valence-electron chi connectivity index (χ4n) is 1.81. The number of furan rings is 1. The zero-order valence-electron chi connectivity index (χ0n) is 10.7. The third kappa shape index (κ3) is 3.77. The molecule has 0 radical (unpaired) electrons. The Morgan fingerprint density at radius 1 is 1.18 bits per heavy atom. The zero-order valence-corrected chi connectivity index (χ0v) is 11.5. The molecule has 0 spiro atoms. The van der Waals surface area contributed by atoms with E-state index in [-0.39, 0.29) is 5.91 Å². The minimum Gasteiger partial charge on any atom is -0.466 e. The Morgan fingerprint density at radius 3 is 2.41 bits per heavy atom. The highest BCUT2D eigenvalue weighted by molar-refractivity contribution is 6.17. The normalized spacial score (nSPS) is 10.6. The van der Waals surface area contributed by atoms with Gasteiger partial charge < -0.3 is 9.73 Å². The molecule has 1 aromatic heterocycles. The Bertz CT molecular complexity index is 385. The second-order valence-corrected chi connectivity index (χ2v) is 4.60. The Balaban J connectivity index is 2.47. The van der Waals surface area contributed by atoms with Crippen LogP contribution in [-0.4, -0.2) is 18.3 Å². The van der Waals surface area contributed by atoms with Gasteiger partial charge >= 0.3 is 0 Å². The van der Waals surface area contributed by atoms with Crippen molar-refractivity contribution in [1.29, 1.82) is 0 Å². The van der Waals surface area contributed by atoms with Gasteiger partial charge in [-0.15, -0.1) is 11.6 Å². The first-order valence-corrected chi connectivity index (χ1v) is 6.52. The molecule has 17 heavy (non-hydrogen) atoms. The van der Waals surface area contributed by atoms with Crippen LogP contribution in [0.1, 0.15) is 46.7 Å². The second-order valence-electron chi connectivity index (χ2n) is 4.22. The van der Waals surface area contributed by atoms with Gasteiger partial charge in [0, 0.05) is 18.0 Å². The van der Waals surface area contributed by atoms with E-state index >= 15 is 0 Å². The van der Waals surface area contributed by atoms with Crippen LogP contribution in [-0.2, 0) is 0 Å². The highest BCUT2D eigenvalue weighted by atomic mass is 35.5. The summed E-state index contributed by atoms with van der Waals surface area (Å²) >= 11 is 5.58. The SMILES string of the molecule is Cc1oc(C)c(C(=O)NCCCCCCl)c1C. The quantitative estimate of drug-likeness (QED) is 0.627. The number of carbonyl (C=O) groups excluding carboxylic acids is 1. The van der Waals surface area contributed by atoms with Crippen LogP contribution < -0.4 is 5.32 Å². The summed E-state index contributed by atoms with van der Waals surface area (Å²) < 4.78 is 5.43. The number of hydrogen-bond donors (Lipinski definition) is 1. The Morgan fingerprint density at radius 2 is 1.88 bits per heavy atom. The van der Waals surface area contributed by atoms with Crippen molar-refractivity contribution in [2.24, 2.45) is 0 Å². The number of unbranched alkanes of at least 4 members (excludes halogenated alkanes) is 2. The molecule has 96 valence electrons. The van der Waals surface area contributed by atoms with Gasteiger partial charge in [-0.25, -0.2) is 0 Å². The second kappa shape index (κ2) is 6.70. The van der Waals surface area contributed by atoms with Gasteiger partial charge in [0.15, 0.2) is 0 Å². The number of carbonyl (C=O) groups is 1. The number of halogens is 1. The minimum absolute atomic E-state index is 0.0391. The summed E-state index contributed by atoms with van der Waals surface area (Å²) in [6.45, 7) is 6.30. The van der Waals surface area contributed by atoms with E-state index in [1.807, 2.05) is 20.8 Å². The highest BCUT2D eigenvalue weighted by Crippen LogP contribution is 2.20. The standard InChI is InChI=1S/C13H20ClNO2/c1-9-10(2)17-11(3)12(9)13(16)15-8-6-4-5-7-14/h4-8H2,1-3H3,(H,15,16). The molecule has 0 saturated heterocycles. The lowest BCUT2D eigenvalue weighted by Gasteiger charge is -2.04. The van der Waals surface area contributed by atoms with Gasteiger partial charge in [0.05, 0.1) is 5.56 Å². The van der Waals surface area contributed by atoms with E-state index in [4.69, 9.17) is 16.0 Å². The molecular formula is C13H20ClNO2. The average molecular weight is 258 g/mol. The molecular weight excluding hydrogens is 238 g/mol. The molecule has 0 aromatic carbocycles. The lowest BCUT2D eigenvalue weighted by Crippen LogP contribution is -2.25. The van der Waals surface area contributed by atoms with E-state index < -0.39 is 0 Å². The minimum atomic E-state index is -0.0391. The fourth-order valence-corrected chi connectivity index (χ4v) is 2.00. The maximum Gasteiger partial charge on any atom is 0.255 e. The van der Waals surface area contributed by atoms with Crippen molar-refractivity contribution in [3.63, 3.8) is 0 Å². The van der Waals surface area contributed by atoms with Gasteiger partial charge in [0.25, 0.3) is 5.91 Å². The van der Waals surface area contributed by atoms with E-state index in [0.717, 1.165) is 30.6 Å². The Labute approximate surface area is 108 Å². The number of amides is 1. The number of alkyl halides is 1. The van der Waals surface area contributed by atoms with Gasteiger partial charge in [-0.05, 0) is 33.6 Å². The van der Waals surface area contributed by atoms with Crippen molar-refractivity contribution >= 4 is 17.5 Å². The molecule has 3 nitrogen and oxygen atoms in total. The first-order chi connectivity index (χ1) is 8.07. The number of hydrogen-bond acceptors (Lipinski definition) is 2. The first-order valence-electron chi connectivity index (χ1n) is 5.98. The van der Waals surface area contributed by atoms with Crippen molar-refractivity contribution in [3.8, 4) is 0 Å². The van der Waals surface area contributed by atoms with E-state index in [1.54, 1.807) is 0 Å². The summed E-state index contributed by atoms with van der Waals surface area (Å²) in [6.07, 6.45) is 3.01. The van der Waals surface area contributed by atoms with E-state index in [1.165, 1.54) is 0 Å². The number of nitrogens with one attached hydrogen (secondary N) is 1. The van der Waals surface area contributed by atoms with E-state index in [9.17, 15) is 4.79 Å². The molecule has 0 unspecified atom stereocenters. The topological polar surface area (TPSA) is 42.2 Å². The monoisotopic (exact) mass is 257 g/mol. The van der Waals surface area contributed by atoms with E-state index in [0.29, 0.717) is 23.7 Å². The van der Waals surface area contributed by atoms with Crippen LogP contribution >= 0.6 is 11.6 Å². The molecule has 1 rings (SSSR count). The van der Waals surface area contributed by atoms with Gasteiger partial charge in [0.2, 0.25) is 0 Å². The molecule has 4 heteroatoms. The van der Waals surface area contributed by atoms with Crippen LogP contribution in [0.3, 0.4) is 0 Å². The van der Waals surface area contributed by atoms with Gasteiger partial charge in [-0.2, -0.15) is 0 Å². The molecule has 0 aliphatic heterocycles. The molecule has 0 saturated carbocycles. The molecule has 0 aliphatic rings. The average Bonchev–Trinajstić information content (AvgIpc) is 2.53. The predicted molar refractivity (Wildman–Crippen MR) is 69.8 cm³/mol. The van der Waals surface area contributed by atoms with Crippen molar-refractivity contribution in [3.05, 3.63) is 22.6 Å². The summed E-state index contributed by atoms with van der Waals surface area (Å²) in [7, 11) is 0. The molecule has 0 atom stereocenters. The fraction of sp³-hybridized carbons (Fsp3) is 0.615. The highest BCUT2D eigenvalue weighted by Gasteiger charge is 2.17. The molecule has 0 bridgehead atoms. The van der Waals surface area contributed by atoms with Crippen LogP contribution in [0.2, 0.25) is 0 Å². The zero-order chi connectivity index (χ0) is 12.8. The Kier molecular flexibility index (Phi) is 5.56. The maximum absolute atomic E-state index is 11.9.